The van der Waals surface area contributed by atoms with Crippen molar-refractivity contribution < 1.29 is 15.0 Å². The molecule has 0 atom stereocenters. The van der Waals surface area contributed by atoms with Crippen molar-refractivity contribution in [2.75, 3.05) is 24.6 Å². The lowest BCUT2D eigenvalue weighted by Gasteiger charge is -2.33. The Morgan fingerprint density at radius 3 is 2.43 bits per heavy atom. The summed E-state index contributed by atoms with van der Waals surface area (Å²) >= 11 is 0. The summed E-state index contributed by atoms with van der Waals surface area (Å²) in [6.07, 6.45) is 0.566. The summed E-state index contributed by atoms with van der Waals surface area (Å²) in [5.41, 5.74) is 1.39. The highest BCUT2D eigenvalue weighted by molar-refractivity contribution is 5.93. The Bertz CT molecular complexity index is 449. The Kier molecular flexibility index (Phi) is 7.19. The molecule has 0 saturated carbocycles. The van der Waals surface area contributed by atoms with E-state index in [9.17, 15) is 9.90 Å². The van der Waals surface area contributed by atoms with Crippen LogP contribution in [0.2, 0.25) is 0 Å². The highest BCUT2D eigenvalue weighted by Gasteiger charge is 2.24. The normalized spacial score (nSPS) is 10.8. The summed E-state index contributed by atoms with van der Waals surface area (Å²) in [5.74, 6) is 0. The molecule has 1 rings (SSSR count). The van der Waals surface area contributed by atoms with Gasteiger partial charge < -0.3 is 15.1 Å². The molecule has 0 bridgehead atoms. The lowest BCUT2D eigenvalue weighted by Crippen LogP contribution is -2.48. The van der Waals surface area contributed by atoms with E-state index in [2.05, 4.69) is 6.92 Å². The Balaban J connectivity index is 3.12. The van der Waals surface area contributed by atoms with Gasteiger partial charge in [0, 0.05) is 24.7 Å². The first-order valence-electron chi connectivity index (χ1n) is 7.23. The number of rotatable bonds is 7. The minimum Gasteiger partial charge on any atom is -0.395 e. The van der Waals surface area contributed by atoms with Gasteiger partial charge in [-0.25, -0.2) is 4.79 Å². The van der Waals surface area contributed by atoms with Crippen molar-refractivity contribution in [1.29, 1.82) is 0 Å². The zero-order valence-electron chi connectivity index (χ0n) is 12.8. The van der Waals surface area contributed by atoms with Gasteiger partial charge in [-0.3, -0.25) is 4.90 Å². The van der Waals surface area contributed by atoms with E-state index in [-0.39, 0.29) is 31.8 Å². The van der Waals surface area contributed by atoms with Crippen LogP contribution in [-0.4, -0.2) is 46.9 Å². The second-order valence-corrected chi connectivity index (χ2v) is 5.09. The summed E-state index contributed by atoms with van der Waals surface area (Å²) in [6.45, 7) is 8.18. The number of aliphatic hydroxyl groups excluding tert-OH is 2. The maximum Gasteiger partial charge on any atom is 0.324 e. The third-order valence-electron chi connectivity index (χ3n) is 3.28. The summed E-state index contributed by atoms with van der Waals surface area (Å²) in [6, 6.07) is 7.09. The summed E-state index contributed by atoms with van der Waals surface area (Å²) in [4.78, 5) is 16.0. The lowest BCUT2D eigenvalue weighted by molar-refractivity contribution is 0.166. The first kappa shape index (κ1) is 17.5. The minimum absolute atomic E-state index is 0.0155. The Morgan fingerprint density at radius 2 is 1.90 bits per heavy atom. The van der Waals surface area contributed by atoms with Gasteiger partial charge in [0.2, 0.25) is 0 Å². The fourth-order valence-electron chi connectivity index (χ4n) is 2.22. The smallest absolute Gasteiger partial charge is 0.324 e. The van der Waals surface area contributed by atoms with E-state index in [4.69, 9.17) is 5.11 Å². The fraction of sp³-hybridized carbons (Fsp3) is 0.500. The topological polar surface area (TPSA) is 64.0 Å². The van der Waals surface area contributed by atoms with Gasteiger partial charge in [0.25, 0.3) is 0 Å². The van der Waals surface area contributed by atoms with Gasteiger partial charge in [-0.05, 0) is 26.3 Å². The Morgan fingerprint density at radius 1 is 1.24 bits per heavy atom. The molecule has 5 heteroatoms. The molecule has 21 heavy (non-hydrogen) atoms. The molecule has 0 aromatic heterocycles. The van der Waals surface area contributed by atoms with Crippen LogP contribution in [0.15, 0.2) is 24.3 Å². The van der Waals surface area contributed by atoms with E-state index >= 15 is 0 Å². The van der Waals surface area contributed by atoms with Crippen molar-refractivity contribution in [3.63, 3.8) is 0 Å². The maximum absolute atomic E-state index is 12.8. The van der Waals surface area contributed by atoms with E-state index in [1.807, 2.05) is 32.0 Å². The average molecular weight is 293 g/mol. The number of amides is 2. The molecule has 117 valence electrons. The van der Waals surface area contributed by atoms with E-state index in [0.29, 0.717) is 24.2 Å². The molecule has 1 aromatic rings. The zero-order valence-corrected chi connectivity index (χ0v) is 12.8. The van der Waals surface area contributed by atoms with Gasteiger partial charge in [-0.15, -0.1) is 0 Å². The number of hydrogen-bond acceptors (Lipinski definition) is 3. The van der Waals surface area contributed by atoms with Gasteiger partial charge in [-0.1, -0.05) is 25.1 Å². The molecule has 2 N–H and O–H groups in total. The van der Waals surface area contributed by atoms with Crippen LogP contribution in [0, 0.1) is 6.92 Å². The summed E-state index contributed by atoms with van der Waals surface area (Å²) in [5, 5.41) is 18.6. The number of para-hydroxylation sites is 1. The highest BCUT2D eigenvalue weighted by atomic mass is 16.3. The predicted octanol–water partition coefficient (Wildman–Crippen LogP) is 2.03. The van der Waals surface area contributed by atoms with E-state index < -0.39 is 0 Å². The molecule has 0 spiro atoms. The van der Waals surface area contributed by atoms with Crippen molar-refractivity contribution in [1.82, 2.24) is 4.90 Å². The molecule has 2 amide bonds. The van der Waals surface area contributed by atoms with Crippen molar-refractivity contribution in [2.45, 2.75) is 32.9 Å². The van der Waals surface area contributed by atoms with Crippen LogP contribution in [0.4, 0.5) is 10.5 Å². The number of urea groups is 1. The van der Waals surface area contributed by atoms with Gasteiger partial charge in [-0.2, -0.15) is 0 Å². The van der Waals surface area contributed by atoms with Crippen LogP contribution < -0.4 is 4.90 Å². The van der Waals surface area contributed by atoms with Crippen LogP contribution in [-0.2, 0) is 6.61 Å². The average Bonchev–Trinajstić information content (AvgIpc) is 2.49. The lowest BCUT2D eigenvalue weighted by atomic mass is 10.1. The van der Waals surface area contributed by atoms with Crippen molar-refractivity contribution in [3.05, 3.63) is 36.8 Å². The van der Waals surface area contributed by atoms with Crippen molar-refractivity contribution >= 4 is 11.7 Å². The molecule has 1 radical (unpaired) electrons. The monoisotopic (exact) mass is 293 g/mol. The number of hydrogen-bond donors (Lipinski definition) is 2. The number of anilines is 1. The quantitative estimate of drug-likeness (QED) is 0.808. The summed E-state index contributed by atoms with van der Waals surface area (Å²) in [7, 11) is 0. The molecule has 1 aromatic carbocycles. The second-order valence-electron chi connectivity index (χ2n) is 5.09. The molecular formula is C16H25N2O3. The number of benzene rings is 1. The van der Waals surface area contributed by atoms with Crippen LogP contribution in [0.5, 0.6) is 0 Å². The second kappa shape index (κ2) is 8.64. The van der Waals surface area contributed by atoms with Crippen LogP contribution >= 0.6 is 0 Å². The van der Waals surface area contributed by atoms with Gasteiger partial charge in [0.15, 0.2) is 0 Å². The van der Waals surface area contributed by atoms with Gasteiger partial charge in [0.1, 0.15) is 0 Å². The fourth-order valence-corrected chi connectivity index (χ4v) is 2.22. The van der Waals surface area contributed by atoms with E-state index in [0.717, 1.165) is 0 Å². The number of aliphatic hydroxyl groups is 2. The van der Waals surface area contributed by atoms with Crippen molar-refractivity contribution in [2.24, 2.45) is 0 Å². The predicted molar refractivity (Wildman–Crippen MR) is 84.0 cm³/mol. The molecule has 0 saturated heterocycles. The van der Waals surface area contributed by atoms with Crippen molar-refractivity contribution in [3.8, 4) is 0 Å². The molecule has 5 nitrogen and oxygen atoms in total. The molecule has 0 unspecified atom stereocenters. The standard InChI is InChI=1S/C16H25N2O3/c1-4-9-18(15-8-6-5-7-14(15)12-20)16(21)17(10-11-19)13(2)3/h5-8,13,19-20H,1,4,9-12H2,2-3H3. The zero-order chi connectivity index (χ0) is 15.8. The largest absolute Gasteiger partial charge is 0.395 e. The SMILES string of the molecule is [CH2]CCN(C(=O)N(CCO)C(C)C)c1ccccc1CO. The third-order valence-corrected chi connectivity index (χ3v) is 3.28. The molecule has 0 aliphatic carbocycles. The number of nitrogens with zero attached hydrogens (tertiary/aromatic N) is 2. The van der Waals surface area contributed by atoms with E-state index in [1.54, 1.807) is 15.9 Å². The minimum atomic E-state index is -0.177. The van der Waals surface area contributed by atoms with E-state index in [1.165, 1.54) is 0 Å². The first-order valence-corrected chi connectivity index (χ1v) is 7.23. The maximum atomic E-state index is 12.8. The Labute approximate surface area is 126 Å². The molecule has 0 aliphatic heterocycles. The highest BCUT2D eigenvalue weighted by Crippen LogP contribution is 2.22. The molecular weight excluding hydrogens is 268 g/mol. The molecule has 0 fully saturated rings. The van der Waals surface area contributed by atoms with Crippen LogP contribution in [0.3, 0.4) is 0 Å². The van der Waals surface area contributed by atoms with Gasteiger partial charge in [0.05, 0.1) is 18.9 Å². The third kappa shape index (κ3) is 4.44. The first-order chi connectivity index (χ1) is 10.1. The molecule has 0 aliphatic rings. The van der Waals surface area contributed by atoms with Crippen LogP contribution in [0.25, 0.3) is 0 Å². The number of carbonyl (C=O) groups excluding carboxylic acids is 1. The Hall–Kier alpha value is -1.59. The van der Waals surface area contributed by atoms with Gasteiger partial charge >= 0.3 is 6.03 Å². The molecule has 0 heterocycles. The number of carbonyl (C=O) groups is 1. The summed E-state index contributed by atoms with van der Waals surface area (Å²) < 4.78 is 0. The van der Waals surface area contributed by atoms with Crippen LogP contribution in [0.1, 0.15) is 25.8 Å².